The van der Waals surface area contributed by atoms with E-state index in [1.807, 2.05) is 78.9 Å². The Morgan fingerprint density at radius 3 is 2.22 bits per heavy atom. The van der Waals surface area contributed by atoms with E-state index < -0.39 is 0 Å². The second kappa shape index (κ2) is 9.62. The Morgan fingerprint density at radius 1 is 0.844 bits per heavy atom. The van der Waals surface area contributed by atoms with Crippen LogP contribution in [-0.4, -0.2) is 32.4 Å². The number of methoxy groups -OCH3 is 3. The molecule has 0 atom stereocenters. The van der Waals surface area contributed by atoms with E-state index in [4.69, 9.17) is 19.2 Å². The Hall–Kier alpha value is -3.71. The number of rotatable bonds is 6. The summed E-state index contributed by atoms with van der Waals surface area (Å²) < 4.78 is 15.9. The van der Waals surface area contributed by atoms with Crippen LogP contribution in [0.4, 0.5) is 11.4 Å². The van der Waals surface area contributed by atoms with Gasteiger partial charge in [0.1, 0.15) is 5.75 Å². The average molecular weight is 447 g/mol. The third kappa shape index (κ3) is 4.48. The first-order valence-corrected chi connectivity index (χ1v) is 10.7. The lowest BCUT2D eigenvalue weighted by molar-refractivity contribution is -0.113. The van der Waals surface area contributed by atoms with Gasteiger partial charge in [-0.1, -0.05) is 24.3 Å². The Morgan fingerprint density at radius 2 is 1.56 bits per heavy atom. The Kier molecular flexibility index (Phi) is 6.47. The lowest BCUT2D eigenvalue weighted by atomic mass is 10.2. The van der Waals surface area contributed by atoms with Crippen molar-refractivity contribution in [3.8, 4) is 17.2 Å². The SMILES string of the molecule is COc1ccc(N2C(=O)C(=Cc3ccc(OC)c(OC)c3)SC2=Nc2ccccc2)cc1. The van der Waals surface area contributed by atoms with Crippen molar-refractivity contribution in [2.75, 3.05) is 26.2 Å². The maximum atomic E-state index is 13.4. The molecule has 7 heteroatoms. The molecular weight excluding hydrogens is 424 g/mol. The topological polar surface area (TPSA) is 60.4 Å². The Balaban J connectivity index is 1.75. The van der Waals surface area contributed by atoms with Gasteiger partial charge in [0.25, 0.3) is 5.91 Å². The van der Waals surface area contributed by atoms with Crippen LogP contribution in [-0.2, 0) is 4.79 Å². The van der Waals surface area contributed by atoms with Crippen LogP contribution >= 0.6 is 11.8 Å². The van der Waals surface area contributed by atoms with Gasteiger partial charge in [-0.15, -0.1) is 0 Å². The smallest absolute Gasteiger partial charge is 0.271 e. The van der Waals surface area contributed by atoms with Crippen LogP contribution in [0.15, 0.2) is 82.7 Å². The van der Waals surface area contributed by atoms with Gasteiger partial charge < -0.3 is 14.2 Å². The molecule has 0 N–H and O–H groups in total. The zero-order chi connectivity index (χ0) is 22.5. The zero-order valence-corrected chi connectivity index (χ0v) is 18.8. The molecule has 3 aromatic rings. The summed E-state index contributed by atoms with van der Waals surface area (Å²) in [5, 5.41) is 0.582. The highest BCUT2D eigenvalue weighted by Gasteiger charge is 2.34. The van der Waals surface area contributed by atoms with Crippen molar-refractivity contribution in [3.63, 3.8) is 0 Å². The highest BCUT2D eigenvalue weighted by Crippen LogP contribution is 2.38. The number of amides is 1. The van der Waals surface area contributed by atoms with E-state index in [-0.39, 0.29) is 5.91 Å². The number of ether oxygens (including phenoxy) is 3. The molecule has 3 aromatic carbocycles. The molecule has 1 aliphatic rings. The summed E-state index contributed by atoms with van der Waals surface area (Å²) in [7, 11) is 4.78. The largest absolute Gasteiger partial charge is 0.497 e. The van der Waals surface area contributed by atoms with Crippen molar-refractivity contribution in [3.05, 3.63) is 83.3 Å². The van der Waals surface area contributed by atoms with Crippen molar-refractivity contribution in [1.29, 1.82) is 0 Å². The number of hydrogen-bond acceptors (Lipinski definition) is 6. The number of nitrogens with zero attached hydrogens (tertiary/aromatic N) is 2. The highest BCUT2D eigenvalue weighted by molar-refractivity contribution is 8.19. The molecule has 162 valence electrons. The predicted octanol–water partition coefficient (Wildman–Crippen LogP) is 5.52. The van der Waals surface area contributed by atoms with Gasteiger partial charge in [-0.25, -0.2) is 4.99 Å². The molecule has 0 aliphatic carbocycles. The molecule has 0 radical (unpaired) electrons. The van der Waals surface area contributed by atoms with E-state index in [1.54, 1.807) is 26.2 Å². The van der Waals surface area contributed by atoms with E-state index >= 15 is 0 Å². The first kappa shape index (κ1) is 21.5. The minimum absolute atomic E-state index is 0.148. The molecule has 0 spiro atoms. The van der Waals surface area contributed by atoms with E-state index in [1.165, 1.54) is 11.8 Å². The second-order valence-electron chi connectivity index (χ2n) is 6.79. The summed E-state index contributed by atoms with van der Waals surface area (Å²) in [5.74, 6) is 1.80. The number of carbonyl (C=O) groups excluding carboxylic acids is 1. The summed E-state index contributed by atoms with van der Waals surface area (Å²) in [4.78, 5) is 20.3. The maximum absolute atomic E-state index is 13.4. The summed E-state index contributed by atoms with van der Waals surface area (Å²) >= 11 is 1.33. The monoisotopic (exact) mass is 446 g/mol. The molecule has 0 saturated carbocycles. The molecular formula is C25H22N2O4S. The lowest BCUT2D eigenvalue weighted by Crippen LogP contribution is -2.28. The van der Waals surface area contributed by atoms with Crippen LogP contribution in [0.25, 0.3) is 6.08 Å². The highest BCUT2D eigenvalue weighted by atomic mass is 32.2. The first-order chi connectivity index (χ1) is 15.6. The normalized spacial score (nSPS) is 16.0. The van der Waals surface area contributed by atoms with Crippen LogP contribution in [0.2, 0.25) is 0 Å². The fourth-order valence-corrected chi connectivity index (χ4v) is 4.22. The summed E-state index contributed by atoms with van der Waals surface area (Å²) in [6.45, 7) is 0. The average Bonchev–Trinajstić information content (AvgIpc) is 3.13. The van der Waals surface area contributed by atoms with Gasteiger partial charge in [0, 0.05) is 0 Å². The van der Waals surface area contributed by atoms with E-state index in [2.05, 4.69) is 0 Å². The molecule has 32 heavy (non-hydrogen) atoms. The predicted molar refractivity (Wildman–Crippen MR) is 129 cm³/mol. The van der Waals surface area contributed by atoms with Crippen LogP contribution in [0, 0.1) is 0 Å². The minimum Gasteiger partial charge on any atom is -0.497 e. The van der Waals surface area contributed by atoms with Crippen LogP contribution in [0.3, 0.4) is 0 Å². The van der Waals surface area contributed by atoms with Crippen molar-refractivity contribution < 1.29 is 19.0 Å². The van der Waals surface area contributed by atoms with Crippen LogP contribution in [0.5, 0.6) is 17.2 Å². The van der Waals surface area contributed by atoms with Crippen LogP contribution in [0.1, 0.15) is 5.56 Å². The third-order valence-electron chi connectivity index (χ3n) is 4.82. The zero-order valence-electron chi connectivity index (χ0n) is 17.9. The number of carbonyl (C=O) groups is 1. The van der Waals surface area contributed by atoms with Gasteiger partial charge in [0.05, 0.1) is 37.6 Å². The standard InChI is InChI=1S/C25H22N2O4S/c1-29-20-12-10-19(11-13-20)27-24(28)23(32-25(27)26-18-7-5-4-6-8-18)16-17-9-14-21(30-2)22(15-17)31-3/h4-16H,1-3H3. The van der Waals surface area contributed by atoms with Gasteiger partial charge in [0.15, 0.2) is 16.7 Å². The molecule has 1 heterocycles. The van der Waals surface area contributed by atoms with Gasteiger partial charge >= 0.3 is 0 Å². The molecule has 1 fully saturated rings. The molecule has 6 nitrogen and oxygen atoms in total. The van der Waals surface area contributed by atoms with Crippen LogP contribution < -0.4 is 19.1 Å². The van der Waals surface area contributed by atoms with Gasteiger partial charge in [-0.3, -0.25) is 9.69 Å². The number of anilines is 1. The molecule has 1 aliphatic heterocycles. The number of hydrogen-bond donors (Lipinski definition) is 0. The fourth-order valence-electron chi connectivity index (χ4n) is 3.21. The summed E-state index contributed by atoms with van der Waals surface area (Å²) in [6, 6.07) is 22.4. The molecule has 0 aromatic heterocycles. The maximum Gasteiger partial charge on any atom is 0.271 e. The number of aliphatic imine (C=N–C) groups is 1. The van der Waals surface area contributed by atoms with E-state index in [0.717, 1.165) is 17.0 Å². The molecule has 0 bridgehead atoms. The number of para-hydroxylation sites is 1. The number of benzene rings is 3. The summed E-state index contributed by atoms with van der Waals surface area (Å²) in [6.07, 6.45) is 1.83. The number of amidine groups is 1. The van der Waals surface area contributed by atoms with Gasteiger partial charge in [-0.2, -0.15) is 0 Å². The fraction of sp³-hybridized carbons (Fsp3) is 0.120. The number of thioether (sulfide) groups is 1. The molecule has 1 amide bonds. The second-order valence-corrected chi connectivity index (χ2v) is 7.80. The van der Waals surface area contributed by atoms with E-state index in [9.17, 15) is 4.79 Å². The quantitative estimate of drug-likeness (QED) is 0.467. The first-order valence-electron chi connectivity index (χ1n) is 9.86. The third-order valence-corrected chi connectivity index (χ3v) is 5.79. The van der Waals surface area contributed by atoms with Crippen molar-refractivity contribution in [1.82, 2.24) is 0 Å². The van der Waals surface area contributed by atoms with Gasteiger partial charge in [0.2, 0.25) is 0 Å². The summed E-state index contributed by atoms with van der Waals surface area (Å²) in [5.41, 5.74) is 2.32. The Labute approximate surface area is 191 Å². The van der Waals surface area contributed by atoms with E-state index in [0.29, 0.717) is 27.3 Å². The lowest BCUT2D eigenvalue weighted by Gasteiger charge is -2.16. The minimum atomic E-state index is -0.148. The van der Waals surface area contributed by atoms with Gasteiger partial charge in [-0.05, 0) is 71.9 Å². The van der Waals surface area contributed by atoms with Crippen molar-refractivity contribution in [2.45, 2.75) is 0 Å². The molecule has 4 rings (SSSR count). The van der Waals surface area contributed by atoms with Crippen molar-refractivity contribution in [2.24, 2.45) is 4.99 Å². The Bertz CT molecular complexity index is 1170. The molecule has 1 saturated heterocycles. The molecule has 0 unspecified atom stereocenters. The van der Waals surface area contributed by atoms with Crippen molar-refractivity contribution >= 4 is 40.3 Å².